The van der Waals surface area contributed by atoms with Gasteiger partial charge >= 0.3 is 5.97 Å². The number of aliphatic carboxylic acids is 1. The van der Waals surface area contributed by atoms with Gasteiger partial charge in [-0.1, -0.05) is 89.8 Å². The number of carboxylic acids is 1. The van der Waals surface area contributed by atoms with Crippen molar-refractivity contribution in [2.24, 2.45) is 11.5 Å². The second kappa shape index (κ2) is 19.4. The molecule has 2 amide bonds. The maximum Gasteiger partial charge on any atom is 0.304 e. The lowest BCUT2D eigenvalue weighted by molar-refractivity contribution is -0.136. The van der Waals surface area contributed by atoms with Crippen molar-refractivity contribution in [3.63, 3.8) is 0 Å². The van der Waals surface area contributed by atoms with Gasteiger partial charge in [0.15, 0.2) is 5.82 Å². The Kier molecular flexibility index (Phi) is 15.4. The quantitative estimate of drug-likeness (QED) is 0.0936. The van der Waals surface area contributed by atoms with Crippen LogP contribution in [0.15, 0.2) is 73.1 Å². The maximum atomic E-state index is 12.8. The van der Waals surface area contributed by atoms with E-state index in [-0.39, 0.29) is 30.7 Å². The Hall–Kier alpha value is -4.61. The van der Waals surface area contributed by atoms with Crippen LogP contribution < -0.4 is 21.5 Å². The molecule has 0 saturated heterocycles. The number of nitrogens with zero attached hydrogens (tertiary/aromatic N) is 2. The first-order valence-corrected chi connectivity index (χ1v) is 17.5. The highest BCUT2D eigenvalue weighted by Gasteiger charge is 2.23. The first-order chi connectivity index (χ1) is 23.4. The third kappa shape index (κ3) is 13.1. The topological polar surface area (TPSA) is 171 Å². The van der Waals surface area contributed by atoms with Crippen LogP contribution in [0.2, 0.25) is 0 Å². The minimum atomic E-state index is -0.836. The molecule has 49 heavy (non-hydrogen) atoms. The summed E-state index contributed by atoms with van der Waals surface area (Å²) in [4.78, 5) is 45.3. The van der Waals surface area contributed by atoms with Crippen LogP contribution >= 0.6 is 11.3 Å². The molecule has 10 nitrogen and oxygen atoms in total. The highest BCUT2D eigenvalue weighted by Crippen LogP contribution is 2.29. The molecule has 0 aliphatic rings. The van der Waals surface area contributed by atoms with Crippen LogP contribution in [-0.2, 0) is 21.4 Å². The van der Waals surface area contributed by atoms with E-state index in [4.69, 9.17) is 21.3 Å². The van der Waals surface area contributed by atoms with E-state index in [1.165, 1.54) is 37.0 Å². The fourth-order valence-electron chi connectivity index (χ4n) is 4.73. The van der Waals surface area contributed by atoms with Crippen LogP contribution in [0.1, 0.15) is 86.3 Å². The number of nitrogens with two attached hydrogens (primary N) is 2. The molecule has 2 aromatic carbocycles. The number of nitrogens with one attached hydrogen (secondary N) is 1. The van der Waals surface area contributed by atoms with Gasteiger partial charge in [-0.3, -0.25) is 14.4 Å². The first-order valence-electron chi connectivity index (χ1n) is 16.7. The predicted molar refractivity (Wildman–Crippen MR) is 196 cm³/mol. The van der Waals surface area contributed by atoms with Crippen molar-refractivity contribution in [3.8, 4) is 28.3 Å². The van der Waals surface area contributed by atoms with E-state index in [0.29, 0.717) is 10.7 Å². The van der Waals surface area contributed by atoms with Gasteiger partial charge in [-0.25, -0.2) is 9.97 Å². The Morgan fingerprint density at radius 1 is 0.878 bits per heavy atom. The number of primary amides is 1. The molecule has 0 spiro atoms. The number of ether oxygens (including phenoxy) is 1. The standard InChI is InChI=1S/C35H42N4O3S.C3H7NO2/c1-5-6-7-8-9-20-42-28-16-14-25(15-17-28)27-22-37-33(38-23-27)26-12-10-24(11-13-26)21-29(32(36)40)39-34(41)30-18-19-31(43-30)35(2,3)4;4-2-1-3(5)6/h10-19,22-23,29H,5-9,20-21H2,1-4H3,(H2,36,40)(H,39,41);1-2,4H2,(H,5,6). The summed E-state index contributed by atoms with van der Waals surface area (Å²) in [7, 11) is 0. The summed E-state index contributed by atoms with van der Waals surface area (Å²) in [6, 6.07) is 18.6. The number of hydrogen-bond acceptors (Lipinski definition) is 8. The average molecular weight is 688 g/mol. The normalized spacial score (nSPS) is 11.6. The van der Waals surface area contributed by atoms with Crippen molar-refractivity contribution >= 4 is 29.1 Å². The van der Waals surface area contributed by atoms with Crippen molar-refractivity contribution in [1.82, 2.24) is 15.3 Å². The highest BCUT2D eigenvalue weighted by atomic mass is 32.1. The van der Waals surface area contributed by atoms with E-state index < -0.39 is 17.9 Å². The fraction of sp³-hybridized carbons (Fsp3) is 0.395. The lowest BCUT2D eigenvalue weighted by Gasteiger charge is -2.16. The zero-order valence-electron chi connectivity index (χ0n) is 28.9. The molecule has 6 N–H and O–H groups in total. The van der Waals surface area contributed by atoms with Gasteiger partial charge in [-0.2, -0.15) is 0 Å². The molecule has 0 bridgehead atoms. The van der Waals surface area contributed by atoms with Crippen molar-refractivity contribution in [1.29, 1.82) is 0 Å². The number of unbranched alkanes of at least 4 members (excludes halogenated alkanes) is 4. The Balaban J connectivity index is 0.000000992. The lowest BCUT2D eigenvalue weighted by atomic mass is 9.95. The van der Waals surface area contributed by atoms with E-state index in [1.807, 2.05) is 67.0 Å². The molecule has 0 aliphatic carbocycles. The van der Waals surface area contributed by atoms with Crippen LogP contribution in [0.25, 0.3) is 22.5 Å². The Morgan fingerprint density at radius 3 is 2.04 bits per heavy atom. The van der Waals surface area contributed by atoms with Gasteiger partial charge in [0.2, 0.25) is 5.91 Å². The average Bonchev–Trinajstić information content (AvgIpc) is 3.59. The van der Waals surface area contributed by atoms with E-state index in [9.17, 15) is 14.4 Å². The molecular weight excluding hydrogens is 639 g/mol. The third-order valence-electron chi connectivity index (χ3n) is 7.58. The summed E-state index contributed by atoms with van der Waals surface area (Å²) in [5, 5.41) is 10.6. The maximum absolute atomic E-state index is 12.8. The molecule has 1 unspecified atom stereocenters. The van der Waals surface area contributed by atoms with E-state index in [1.54, 1.807) is 6.07 Å². The van der Waals surface area contributed by atoms with Crippen molar-refractivity contribution < 1.29 is 24.2 Å². The Morgan fingerprint density at radius 2 is 1.51 bits per heavy atom. The van der Waals surface area contributed by atoms with Crippen molar-refractivity contribution in [2.45, 2.75) is 84.1 Å². The number of thiophene rings is 1. The number of rotatable bonds is 16. The van der Waals surface area contributed by atoms with Gasteiger partial charge in [0.25, 0.3) is 5.91 Å². The lowest BCUT2D eigenvalue weighted by Crippen LogP contribution is -2.45. The summed E-state index contributed by atoms with van der Waals surface area (Å²) in [5.41, 5.74) is 14.1. The molecule has 2 heterocycles. The number of carboxylic acid groups (broad SMARTS) is 1. The van der Waals surface area contributed by atoms with Crippen LogP contribution in [0.3, 0.4) is 0 Å². The molecule has 262 valence electrons. The van der Waals surface area contributed by atoms with Crippen LogP contribution in [-0.4, -0.2) is 52.1 Å². The minimum Gasteiger partial charge on any atom is -0.494 e. The zero-order chi connectivity index (χ0) is 35.8. The van der Waals surface area contributed by atoms with Crippen LogP contribution in [0, 0.1) is 0 Å². The molecular formula is C38H49N5O5S. The SMILES string of the molecule is CCCCCCCOc1ccc(-c2cnc(-c3ccc(CC(NC(=O)c4ccc(C(C)(C)C)s4)C(N)=O)cc3)nc2)cc1.NCCC(=O)O. The predicted octanol–water partition coefficient (Wildman–Crippen LogP) is 6.77. The van der Waals surface area contributed by atoms with E-state index in [0.717, 1.165) is 45.9 Å². The largest absolute Gasteiger partial charge is 0.494 e. The molecule has 1 atom stereocenters. The summed E-state index contributed by atoms with van der Waals surface area (Å²) < 4.78 is 5.87. The summed E-state index contributed by atoms with van der Waals surface area (Å²) >= 11 is 1.43. The van der Waals surface area contributed by atoms with Gasteiger partial charge in [0, 0.05) is 41.4 Å². The van der Waals surface area contributed by atoms with Gasteiger partial charge in [0.1, 0.15) is 11.8 Å². The van der Waals surface area contributed by atoms with Gasteiger partial charge in [-0.05, 0) is 47.2 Å². The Labute approximate surface area is 293 Å². The molecule has 0 radical (unpaired) electrons. The van der Waals surface area contributed by atoms with Crippen LogP contribution in [0.5, 0.6) is 5.75 Å². The number of amides is 2. The van der Waals surface area contributed by atoms with E-state index >= 15 is 0 Å². The highest BCUT2D eigenvalue weighted by molar-refractivity contribution is 7.14. The first kappa shape index (κ1) is 38.8. The van der Waals surface area contributed by atoms with Crippen LogP contribution in [0.4, 0.5) is 0 Å². The molecule has 0 fully saturated rings. The van der Waals surface area contributed by atoms with Crippen molar-refractivity contribution in [3.05, 3.63) is 88.4 Å². The van der Waals surface area contributed by atoms with Gasteiger partial charge in [-0.15, -0.1) is 11.3 Å². The summed E-state index contributed by atoms with van der Waals surface area (Å²) in [6.45, 7) is 9.49. The zero-order valence-corrected chi connectivity index (χ0v) is 29.7. The molecule has 2 aromatic heterocycles. The Bertz CT molecular complexity index is 1610. The fourth-order valence-corrected chi connectivity index (χ4v) is 5.70. The number of benzene rings is 2. The number of carbonyl (C=O) groups excluding carboxylic acids is 2. The second-order valence-corrected chi connectivity index (χ2v) is 13.8. The van der Waals surface area contributed by atoms with Gasteiger partial charge < -0.3 is 26.6 Å². The molecule has 4 aromatic rings. The summed E-state index contributed by atoms with van der Waals surface area (Å²) in [6.07, 6.45) is 10.1. The van der Waals surface area contributed by atoms with E-state index in [2.05, 4.69) is 43.0 Å². The monoisotopic (exact) mass is 687 g/mol. The summed E-state index contributed by atoms with van der Waals surface area (Å²) in [5.74, 6) is -0.237. The molecule has 0 aliphatic heterocycles. The second-order valence-electron chi connectivity index (χ2n) is 12.8. The number of hydrogen-bond donors (Lipinski definition) is 4. The molecule has 4 rings (SSSR count). The smallest absolute Gasteiger partial charge is 0.304 e. The number of aromatic nitrogens is 2. The minimum absolute atomic E-state index is 0.0498. The third-order valence-corrected chi connectivity index (χ3v) is 9.09. The molecule has 0 saturated carbocycles. The van der Waals surface area contributed by atoms with Gasteiger partial charge in [0.05, 0.1) is 17.9 Å². The molecule has 11 heteroatoms. The number of carbonyl (C=O) groups is 3. The van der Waals surface area contributed by atoms with Crippen molar-refractivity contribution in [2.75, 3.05) is 13.2 Å².